The van der Waals surface area contributed by atoms with Gasteiger partial charge >= 0.3 is 0 Å². The summed E-state index contributed by atoms with van der Waals surface area (Å²) in [4.78, 5) is 30.6. The first-order valence-electron chi connectivity index (χ1n) is 13.0. The molecule has 1 spiro atoms. The summed E-state index contributed by atoms with van der Waals surface area (Å²) in [6.07, 6.45) is 2.68. The number of nitrogens with zero attached hydrogens (tertiary/aromatic N) is 2. The molecule has 0 aromatic heterocycles. The zero-order valence-corrected chi connectivity index (χ0v) is 21.2. The van der Waals surface area contributed by atoms with Gasteiger partial charge in [0, 0.05) is 43.0 Å². The van der Waals surface area contributed by atoms with Crippen molar-refractivity contribution >= 4 is 23.3 Å². The number of carbonyl (C=O) groups excluding carboxylic acids is 2. The molecule has 2 saturated heterocycles. The largest absolute Gasteiger partial charge is 0.338 e. The summed E-state index contributed by atoms with van der Waals surface area (Å²) in [6, 6.07) is 26.1. The number of rotatable bonds is 4. The van der Waals surface area contributed by atoms with Crippen molar-refractivity contribution in [2.75, 3.05) is 32.7 Å². The van der Waals surface area contributed by atoms with Gasteiger partial charge in [0.1, 0.15) is 0 Å². The summed E-state index contributed by atoms with van der Waals surface area (Å²) in [5.41, 5.74) is 4.07. The molecule has 36 heavy (non-hydrogen) atoms. The number of fused-ring (bicyclic) bond motifs is 2. The highest BCUT2D eigenvalue weighted by atomic mass is 35.5. The van der Waals surface area contributed by atoms with Crippen molar-refractivity contribution in [2.45, 2.75) is 30.6 Å². The summed E-state index contributed by atoms with van der Waals surface area (Å²) in [7, 11) is 0. The minimum Gasteiger partial charge on any atom is -0.338 e. The van der Waals surface area contributed by atoms with Crippen molar-refractivity contribution in [3.8, 4) is 0 Å². The second-order valence-corrected chi connectivity index (χ2v) is 11.1. The summed E-state index contributed by atoms with van der Waals surface area (Å²) >= 11 is 6.37. The standard InChI is InChI=1S/C31H31ClN2O2/c32-28-13-7-5-11-25(28)30(36)34-20-23(26(21-34)22-8-2-1-3-9-22)19-33-16-14-31(15-17-33)18-29(35)24-10-4-6-12-27(24)31/h1-13,23,26H,14-21H2. The van der Waals surface area contributed by atoms with Crippen molar-refractivity contribution in [2.24, 2.45) is 5.92 Å². The summed E-state index contributed by atoms with van der Waals surface area (Å²) in [6.45, 7) is 4.36. The van der Waals surface area contributed by atoms with Crippen LogP contribution in [-0.2, 0) is 5.41 Å². The quantitative estimate of drug-likeness (QED) is 0.455. The molecule has 0 N–H and O–H groups in total. The molecule has 3 aromatic rings. The van der Waals surface area contributed by atoms with E-state index in [1.54, 1.807) is 6.07 Å². The van der Waals surface area contributed by atoms with Crippen LogP contribution in [0.2, 0.25) is 5.02 Å². The number of hydrogen-bond acceptors (Lipinski definition) is 3. The topological polar surface area (TPSA) is 40.6 Å². The summed E-state index contributed by atoms with van der Waals surface area (Å²) in [5, 5.41) is 0.509. The number of hydrogen-bond donors (Lipinski definition) is 0. The van der Waals surface area contributed by atoms with Crippen LogP contribution in [0.25, 0.3) is 0 Å². The summed E-state index contributed by atoms with van der Waals surface area (Å²) < 4.78 is 0. The third kappa shape index (κ3) is 4.16. The van der Waals surface area contributed by atoms with Crippen molar-refractivity contribution in [3.05, 3.63) is 106 Å². The molecular weight excluding hydrogens is 468 g/mol. The van der Waals surface area contributed by atoms with Crippen LogP contribution < -0.4 is 0 Å². The fourth-order valence-corrected chi connectivity index (χ4v) is 6.95. The Morgan fingerprint density at radius 2 is 1.58 bits per heavy atom. The molecule has 1 amide bonds. The van der Waals surface area contributed by atoms with Gasteiger partial charge in [-0.3, -0.25) is 9.59 Å². The molecule has 3 aliphatic rings. The lowest BCUT2D eigenvalue weighted by atomic mass is 9.73. The van der Waals surface area contributed by atoms with E-state index in [0.717, 1.165) is 44.6 Å². The first kappa shape index (κ1) is 23.4. The molecule has 0 radical (unpaired) electrons. The van der Waals surface area contributed by atoms with Gasteiger partial charge in [-0.15, -0.1) is 0 Å². The lowest BCUT2D eigenvalue weighted by molar-refractivity contribution is 0.0779. The zero-order chi connectivity index (χ0) is 24.7. The Bertz CT molecular complexity index is 1280. The molecule has 2 unspecified atom stereocenters. The molecule has 2 aliphatic heterocycles. The van der Waals surface area contributed by atoms with Crippen LogP contribution in [0, 0.1) is 5.92 Å². The molecule has 2 fully saturated rings. The Morgan fingerprint density at radius 3 is 2.36 bits per heavy atom. The summed E-state index contributed by atoms with van der Waals surface area (Å²) in [5.74, 6) is 0.961. The molecule has 184 valence electrons. The van der Waals surface area contributed by atoms with Crippen LogP contribution in [0.3, 0.4) is 0 Å². The third-order valence-corrected chi connectivity index (χ3v) is 8.99. The molecule has 6 rings (SSSR count). The smallest absolute Gasteiger partial charge is 0.255 e. The maximum atomic E-state index is 13.4. The Morgan fingerprint density at radius 1 is 0.889 bits per heavy atom. The molecular formula is C31H31ClN2O2. The number of Topliss-reactive ketones (excluding diaryl/α,β-unsaturated/α-hetero) is 1. The molecule has 5 heteroatoms. The molecule has 2 heterocycles. The van der Waals surface area contributed by atoms with Crippen LogP contribution in [0.5, 0.6) is 0 Å². The Kier molecular flexibility index (Phi) is 6.18. The fourth-order valence-electron chi connectivity index (χ4n) is 6.73. The van der Waals surface area contributed by atoms with Gasteiger partial charge in [0.15, 0.2) is 5.78 Å². The molecule has 0 saturated carbocycles. The fraction of sp³-hybridized carbons (Fsp3) is 0.355. The molecule has 3 aromatic carbocycles. The van der Waals surface area contributed by atoms with Crippen LogP contribution in [0.15, 0.2) is 78.9 Å². The number of benzene rings is 3. The van der Waals surface area contributed by atoms with Crippen molar-refractivity contribution in [1.29, 1.82) is 0 Å². The maximum absolute atomic E-state index is 13.4. The number of piperidine rings is 1. The highest BCUT2D eigenvalue weighted by Crippen LogP contribution is 2.46. The van der Waals surface area contributed by atoms with E-state index in [9.17, 15) is 9.59 Å². The Hall–Kier alpha value is -2.95. The number of ketones is 1. The van der Waals surface area contributed by atoms with E-state index in [1.165, 1.54) is 11.1 Å². The van der Waals surface area contributed by atoms with E-state index in [4.69, 9.17) is 11.6 Å². The van der Waals surface area contributed by atoms with E-state index >= 15 is 0 Å². The van der Waals surface area contributed by atoms with Crippen LogP contribution in [-0.4, -0.2) is 54.2 Å². The lowest BCUT2D eigenvalue weighted by Crippen LogP contribution is -2.44. The first-order valence-corrected chi connectivity index (χ1v) is 13.4. The van der Waals surface area contributed by atoms with E-state index in [-0.39, 0.29) is 11.3 Å². The molecule has 4 nitrogen and oxygen atoms in total. The second-order valence-electron chi connectivity index (χ2n) is 10.7. The van der Waals surface area contributed by atoms with Crippen LogP contribution in [0.4, 0.5) is 0 Å². The maximum Gasteiger partial charge on any atom is 0.255 e. The number of amides is 1. The Balaban J connectivity index is 1.19. The van der Waals surface area contributed by atoms with Crippen LogP contribution in [0.1, 0.15) is 57.0 Å². The van der Waals surface area contributed by atoms with Gasteiger partial charge in [-0.2, -0.15) is 0 Å². The van der Waals surface area contributed by atoms with Crippen molar-refractivity contribution in [3.63, 3.8) is 0 Å². The molecule has 0 bridgehead atoms. The first-order chi connectivity index (χ1) is 17.5. The zero-order valence-electron chi connectivity index (χ0n) is 20.4. The van der Waals surface area contributed by atoms with Gasteiger partial charge in [0.2, 0.25) is 0 Å². The average Bonchev–Trinajstić information content (AvgIpc) is 3.45. The third-order valence-electron chi connectivity index (χ3n) is 8.66. The molecule has 1 aliphatic carbocycles. The minimum atomic E-state index is 0.00471. The van der Waals surface area contributed by atoms with Gasteiger partial charge in [-0.05, 0) is 55.1 Å². The van der Waals surface area contributed by atoms with Crippen molar-refractivity contribution in [1.82, 2.24) is 9.80 Å². The van der Waals surface area contributed by atoms with Gasteiger partial charge < -0.3 is 9.80 Å². The minimum absolute atomic E-state index is 0.00471. The highest BCUT2D eigenvalue weighted by molar-refractivity contribution is 6.33. The van der Waals surface area contributed by atoms with Crippen LogP contribution >= 0.6 is 11.6 Å². The van der Waals surface area contributed by atoms with Gasteiger partial charge in [-0.25, -0.2) is 0 Å². The van der Waals surface area contributed by atoms with E-state index in [1.807, 2.05) is 41.3 Å². The van der Waals surface area contributed by atoms with E-state index in [2.05, 4.69) is 41.3 Å². The van der Waals surface area contributed by atoms with Gasteiger partial charge in [0.25, 0.3) is 5.91 Å². The predicted molar refractivity (Wildman–Crippen MR) is 143 cm³/mol. The second kappa shape index (κ2) is 9.49. The monoisotopic (exact) mass is 498 g/mol. The Labute approximate surface area is 217 Å². The number of likely N-dealkylation sites (tertiary alicyclic amines) is 2. The number of halogens is 1. The van der Waals surface area contributed by atoms with Gasteiger partial charge in [0.05, 0.1) is 10.6 Å². The molecule has 2 atom stereocenters. The number of carbonyl (C=O) groups is 2. The van der Waals surface area contributed by atoms with E-state index < -0.39 is 0 Å². The van der Waals surface area contributed by atoms with E-state index in [0.29, 0.717) is 41.2 Å². The predicted octanol–water partition coefficient (Wildman–Crippen LogP) is 5.82. The van der Waals surface area contributed by atoms with Crippen molar-refractivity contribution < 1.29 is 9.59 Å². The normalized spacial score (nSPS) is 23.2. The average molecular weight is 499 g/mol. The SMILES string of the molecule is O=C1CC2(CCN(CC3CN(C(=O)c4ccccc4Cl)CC3c3ccccc3)CC2)c2ccccc21. The lowest BCUT2D eigenvalue weighted by Gasteiger charge is -2.41. The van der Waals surface area contributed by atoms with Gasteiger partial charge in [-0.1, -0.05) is 78.3 Å². The highest BCUT2D eigenvalue weighted by Gasteiger charge is 2.46.